The van der Waals surface area contributed by atoms with Crippen LogP contribution in [0.15, 0.2) is 48.5 Å². The smallest absolute Gasteiger partial charge is 0.313 e. The van der Waals surface area contributed by atoms with Gasteiger partial charge in [-0.1, -0.05) is 24.3 Å². The number of amides is 2. The lowest BCUT2D eigenvalue weighted by atomic mass is 10.0. The Morgan fingerprint density at radius 1 is 1.03 bits per heavy atom. The van der Waals surface area contributed by atoms with Crippen molar-refractivity contribution in [2.45, 2.75) is 13.0 Å². The molecule has 0 aliphatic carbocycles. The van der Waals surface area contributed by atoms with E-state index in [0.717, 1.165) is 43.1 Å². The van der Waals surface area contributed by atoms with Crippen molar-refractivity contribution < 1.29 is 14.3 Å². The Balaban J connectivity index is 1.66. The second-order valence-corrected chi connectivity index (χ2v) is 7.66. The molecule has 0 bridgehead atoms. The Morgan fingerprint density at radius 2 is 1.73 bits per heavy atom. The van der Waals surface area contributed by atoms with E-state index in [9.17, 15) is 9.59 Å². The number of rotatable bonds is 6. The normalized spacial score (nSPS) is 16.0. The van der Waals surface area contributed by atoms with Crippen molar-refractivity contribution in [1.82, 2.24) is 15.1 Å². The molecule has 1 aliphatic heterocycles. The highest BCUT2D eigenvalue weighted by molar-refractivity contribution is 6.39. The number of hydrogen-bond donors (Lipinski definition) is 2. The van der Waals surface area contributed by atoms with E-state index >= 15 is 0 Å². The van der Waals surface area contributed by atoms with E-state index in [1.165, 1.54) is 0 Å². The van der Waals surface area contributed by atoms with Crippen molar-refractivity contribution in [3.63, 3.8) is 0 Å². The monoisotopic (exact) mass is 410 g/mol. The van der Waals surface area contributed by atoms with Crippen molar-refractivity contribution >= 4 is 17.5 Å². The minimum atomic E-state index is -0.660. The highest BCUT2D eigenvalue weighted by Crippen LogP contribution is 2.24. The number of likely N-dealkylation sites (N-methyl/N-ethyl adjacent to an activating group) is 1. The zero-order chi connectivity index (χ0) is 21.5. The van der Waals surface area contributed by atoms with E-state index in [1.54, 1.807) is 13.2 Å². The first-order valence-electron chi connectivity index (χ1n) is 10.2. The van der Waals surface area contributed by atoms with Crippen molar-refractivity contribution in [2.75, 3.05) is 52.2 Å². The Labute approximate surface area is 178 Å². The second-order valence-electron chi connectivity index (χ2n) is 7.66. The van der Waals surface area contributed by atoms with Crippen molar-refractivity contribution in [3.05, 3.63) is 59.7 Å². The molecule has 2 aromatic rings. The molecule has 1 atom stereocenters. The predicted octanol–water partition coefficient (Wildman–Crippen LogP) is 2.05. The molecule has 1 aliphatic rings. The number of carbonyl (C=O) groups is 2. The third-order valence-corrected chi connectivity index (χ3v) is 5.42. The highest BCUT2D eigenvalue weighted by atomic mass is 16.5. The van der Waals surface area contributed by atoms with Gasteiger partial charge in [0.05, 0.1) is 13.2 Å². The summed E-state index contributed by atoms with van der Waals surface area (Å²) in [4.78, 5) is 29.4. The van der Waals surface area contributed by atoms with Gasteiger partial charge in [0.2, 0.25) is 0 Å². The number of benzene rings is 2. The number of methoxy groups -OCH3 is 1. The Kier molecular flexibility index (Phi) is 7.43. The van der Waals surface area contributed by atoms with E-state index in [1.807, 2.05) is 49.4 Å². The van der Waals surface area contributed by atoms with Crippen LogP contribution in [0.1, 0.15) is 17.2 Å². The van der Waals surface area contributed by atoms with Crippen LogP contribution in [-0.4, -0.2) is 68.5 Å². The van der Waals surface area contributed by atoms with Gasteiger partial charge in [0, 0.05) is 38.4 Å². The van der Waals surface area contributed by atoms with Gasteiger partial charge >= 0.3 is 11.8 Å². The lowest BCUT2D eigenvalue weighted by Crippen LogP contribution is -2.49. The molecule has 2 aromatic carbocycles. The van der Waals surface area contributed by atoms with Crippen LogP contribution in [0.5, 0.6) is 5.75 Å². The fourth-order valence-corrected chi connectivity index (χ4v) is 3.60. The SMILES string of the molecule is COc1ccc([C@H](CNC(=O)C(=O)Nc2cccc(C)c2)N2CCN(C)CC2)cc1. The van der Waals surface area contributed by atoms with Crippen LogP contribution in [0.25, 0.3) is 0 Å². The van der Waals surface area contributed by atoms with E-state index in [4.69, 9.17) is 4.74 Å². The molecule has 1 saturated heterocycles. The average molecular weight is 411 g/mol. The summed E-state index contributed by atoms with van der Waals surface area (Å²) >= 11 is 0. The predicted molar refractivity (Wildman–Crippen MR) is 118 cm³/mol. The van der Waals surface area contributed by atoms with Gasteiger partial charge in [0.25, 0.3) is 0 Å². The van der Waals surface area contributed by atoms with Gasteiger partial charge in [-0.3, -0.25) is 14.5 Å². The summed E-state index contributed by atoms with van der Waals surface area (Å²) in [5.74, 6) is -0.506. The molecule has 7 heteroatoms. The van der Waals surface area contributed by atoms with Gasteiger partial charge in [0.15, 0.2) is 0 Å². The number of piperazine rings is 1. The third kappa shape index (κ3) is 5.81. The van der Waals surface area contributed by atoms with Gasteiger partial charge in [-0.25, -0.2) is 0 Å². The Morgan fingerprint density at radius 3 is 2.37 bits per heavy atom. The fraction of sp³-hybridized carbons (Fsp3) is 0.391. The minimum absolute atomic E-state index is 0.0136. The molecule has 0 saturated carbocycles. The zero-order valence-electron chi connectivity index (χ0n) is 17.9. The van der Waals surface area contributed by atoms with Crippen LogP contribution in [0.4, 0.5) is 5.69 Å². The maximum Gasteiger partial charge on any atom is 0.313 e. The fourth-order valence-electron chi connectivity index (χ4n) is 3.60. The summed E-state index contributed by atoms with van der Waals surface area (Å²) in [6, 6.07) is 15.2. The number of carbonyl (C=O) groups excluding carboxylic acids is 2. The van der Waals surface area contributed by atoms with Crippen molar-refractivity contribution in [2.24, 2.45) is 0 Å². The molecule has 0 aromatic heterocycles. The Bertz CT molecular complexity index is 861. The van der Waals surface area contributed by atoms with Crippen LogP contribution in [0.2, 0.25) is 0 Å². The van der Waals surface area contributed by atoms with E-state index in [2.05, 4.69) is 27.5 Å². The van der Waals surface area contributed by atoms with Crippen LogP contribution < -0.4 is 15.4 Å². The summed E-state index contributed by atoms with van der Waals surface area (Å²) in [6.07, 6.45) is 0. The first kappa shape index (κ1) is 21.8. The topological polar surface area (TPSA) is 73.9 Å². The summed E-state index contributed by atoms with van der Waals surface area (Å²) in [5.41, 5.74) is 2.71. The average Bonchev–Trinajstić information content (AvgIpc) is 2.75. The first-order chi connectivity index (χ1) is 14.5. The van der Waals surface area contributed by atoms with Gasteiger partial charge < -0.3 is 20.3 Å². The standard InChI is InChI=1S/C23H30N4O3/c1-17-5-4-6-19(15-17)25-23(29)22(28)24-16-21(27-13-11-26(2)12-14-27)18-7-9-20(30-3)10-8-18/h4-10,15,21H,11-14,16H2,1-3H3,(H,24,28)(H,25,29)/t21-/m0/s1. The number of anilines is 1. The molecule has 0 radical (unpaired) electrons. The number of nitrogens with one attached hydrogen (secondary N) is 2. The lowest BCUT2D eigenvalue weighted by molar-refractivity contribution is -0.136. The molecule has 1 fully saturated rings. The molecular weight excluding hydrogens is 380 g/mol. The van der Waals surface area contributed by atoms with Gasteiger partial charge in [-0.15, -0.1) is 0 Å². The summed E-state index contributed by atoms with van der Waals surface area (Å²) in [6.45, 7) is 6.03. The van der Waals surface area contributed by atoms with E-state index in [0.29, 0.717) is 12.2 Å². The first-order valence-corrected chi connectivity index (χ1v) is 10.2. The van der Waals surface area contributed by atoms with Crippen molar-refractivity contribution in [1.29, 1.82) is 0 Å². The summed E-state index contributed by atoms with van der Waals surface area (Å²) in [5, 5.41) is 5.47. The highest BCUT2D eigenvalue weighted by Gasteiger charge is 2.25. The zero-order valence-corrected chi connectivity index (χ0v) is 17.9. The molecule has 0 spiro atoms. The molecule has 2 amide bonds. The van der Waals surface area contributed by atoms with Gasteiger partial charge in [-0.2, -0.15) is 0 Å². The molecule has 1 heterocycles. The maximum atomic E-state index is 12.4. The maximum absolute atomic E-state index is 12.4. The van der Waals surface area contributed by atoms with Crippen LogP contribution >= 0.6 is 0 Å². The van der Waals surface area contributed by atoms with E-state index in [-0.39, 0.29) is 6.04 Å². The number of nitrogens with zero attached hydrogens (tertiary/aromatic N) is 2. The number of hydrogen-bond acceptors (Lipinski definition) is 5. The molecule has 3 rings (SSSR count). The van der Waals surface area contributed by atoms with Gasteiger partial charge in [-0.05, 0) is 49.4 Å². The van der Waals surface area contributed by atoms with E-state index < -0.39 is 11.8 Å². The quantitative estimate of drug-likeness (QED) is 0.713. The van der Waals surface area contributed by atoms with Crippen molar-refractivity contribution in [3.8, 4) is 5.75 Å². The van der Waals surface area contributed by atoms with Crippen LogP contribution in [0.3, 0.4) is 0 Å². The Hall–Kier alpha value is -2.90. The minimum Gasteiger partial charge on any atom is -0.497 e. The number of aryl methyl sites for hydroxylation is 1. The lowest BCUT2D eigenvalue weighted by Gasteiger charge is -2.38. The molecule has 7 nitrogen and oxygen atoms in total. The molecule has 30 heavy (non-hydrogen) atoms. The second kappa shape index (κ2) is 10.2. The van der Waals surface area contributed by atoms with Gasteiger partial charge in [0.1, 0.15) is 5.75 Å². The molecular formula is C23H30N4O3. The number of ether oxygens (including phenoxy) is 1. The summed E-state index contributed by atoms with van der Waals surface area (Å²) in [7, 11) is 3.75. The molecule has 160 valence electrons. The van der Waals surface area contributed by atoms with Crippen LogP contribution in [-0.2, 0) is 9.59 Å². The largest absolute Gasteiger partial charge is 0.497 e. The summed E-state index contributed by atoms with van der Waals surface area (Å²) < 4.78 is 5.26. The molecule has 2 N–H and O–H groups in total. The molecule has 0 unspecified atom stereocenters. The third-order valence-electron chi connectivity index (χ3n) is 5.42. The van der Waals surface area contributed by atoms with Crippen LogP contribution in [0, 0.1) is 6.92 Å².